The lowest BCUT2D eigenvalue weighted by Crippen LogP contribution is -2.09. The van der Waals surface area contributed by atoms with Gasteiger partial charge in [-0.2, -0.15) is 0 Å². The van der Waals surface area contributed by atoms with Crippen LogP contribution in [0, 0.1) is 10.1 Å². The Labute approximate surface area is 123 Å². The summed E-state index contributed by atoms with van der Waals surface area (Å²) in [6, 6.07) is 9.71. The number of hydrogen-bond donors (Lipinski definition) is 0. The van der Waals surface area contributed by atoms with Crippen molar-refractivity contribution in [3.8, 4) is 5.75 Å². The van der Waals surface area contributed by atoms with Crippen LogP contribution in [-0.2, 0) is 0 Å². The minimum atomic E-state index is -0.699. The van der Waals surface area contributed by atoms with Crippen LogP contribution in [-0.4, -0.2) is 10.9 Å². The summed E-state index contributed by atoms with van der Waals surface area (Å²) >= 11 is 11.8. The van der Waals surface area contributed by atoms with Gasteiger partial charge in [0, 0.05) is 12.1 Å². The molecule has 2 aromatic carbocycles. The first-order valence-corrected chi connectivity index (χ1v) is 6.15. The van der Waals surface area contributed by atoms with Crippen molar-refractivity contribution in [1.82, 2.24) is 0 Å². The number of para-hydroxylation sites is 1. The Kier molecular flexibility index (Phi) is 4.22. The van der Waals surface area contributed by atoms with Crippen LogP contribution in [0.25, 0.3) is 0 Å². The Morgan fingerprint density at radius 1 is 1.05 bits per heavy atom. The van der Waals surface area contributed by atoms with E-state index in [-0.39, 0.29) is 27.0 Å². The third kappa shape index (κ3) is 3.07. The first-order chi connectivity index (χ1) is 9.49. The van der Waals surface area contributed by atoms with Crippen LogP contribution in [0.1, 0.15) is 10.4 Å². The zero-order chi connectivity index (χ0) is 14.7. The molecule has 20 heavy (non-hydrogen) atoms. The van der Waals surface area contributed by atoms with E-state index in [1.165, 1.54) is 36.4 Å². The van der Waals surface area contributed by atoms with Gasteiger partial charge in [-0.15, -0.1) is 0 Å². The molecule has 2 rings (SSSR count). The zero-order valence-corrected chi connectivity index (χ0v) is 11.4. The first kappa shape index (κ1) is 14.3. The fourth-order valence-electron chi connectivity index (χ4n) is 1.45. The van der Waals surface area contributed by atoms with E-state index in [2.05, 4.69) is 0 Å². The molecule has 0 N–H and O–H groups in total. The van der Waals surface area contributed by atoms with Crippen molar-refractivity contribution < 1.29 is 14.5 Å². The van der Waals surface area contributed by atoms with E-state index >= 15 is 0 Å². The van der Waals surface area contributed by atoms with Crippen LogP contribution in [0.5, 0.6) is 5.75 Å². The number of ether oxygens (including phenoxy) is 1. The highest BCUT2D eigenvalue weighted by atomic mass is 35.5. The van der Waals surface area contributed by atoms with E-state index in [0.717, 1.165) is 0 Å². The van der Waals surface area contributed by atoms with Crippen molar-refractivity contribution in [3.05, 3.63) is 68.2 Å². The molecule has 0 aliphatic rings. The highest BCUT2D eigenvalue weighted by Gasteiger charge is 2.15. The first-order valence-electron chi connectivity index (χ1n) is 5.39. The smallest absolute Gasteiger partial charge is 0.343 e. The molecule has 0 amide bonds. The van der Waals surface area contributed by atoms with Gasteiger partial charge in [0.15, 0.2) is 5.75 Å². The number of carbonyl (C=O) groups excluding carboxylic acids is 1. The predicted octanol–water partition coefficient (Wildman–Crippen LogP) is 4.12. The maximum absolute atomic E-state index is 11.9. The van der Waals surface area contributed by atoms with Gasteiger partial charge in [-0.3, -0.25) is 10.1 Å². The number of rotatable bonds is 3. The van der Waals surface area contributed by atoms with Crippen molar-refractivity contribution in [3.63, 3.8) is 0 Å². The van der Waals surface area contributed by atoms with Gasteiger partial charge < -0.3 is 4.74 Å². The maximum Gasteiger partial charge on any atom is 0.343 e. The molecule has 0 bridgehead atoms. The minimum Gasteiger partial charge on any atom is -0.420 e. The molecule has 5 nitrogen and oxygen atoms in total. The molecule has 0 saturated carbocycles. The second-order valence-corrected chi connectivity index (χ2v) is 4.56. The van der Waals surface area contributed by atoms with E-state index in [1.807, 2.05) is 0 Å². The van der Waals surface area contributed by atoms with E-state index < -0.39 is 10.9 Å². The lowest BCUT2D eigenvalue weighted by molar-refractivity contribution is -0.384. The van der Waals surface area contributed by atoms with Crippen molar-refractivity contribution in [2.24, 2.45) is 0 Å². The standard InChI is InChI=1S/C13H7Cl2NO4/c14-10-2-1-3-11(15)12(10)20-13(17)8-4-6-9(7-5-8)16(18)19/h1-7H. The molecular weight excluding hydrogens is 305 g/mol. The van der Waals surface area contributed by atoms with Crippen LogP contribution in [0.15, 0.2) is 42.5 Å². The quantitative estimate of drug-likeness (QED) is 0.370. The average Bonchev–Trinajstić information content (AvgIpc) is 2.43. The van der Waals surface area contributed by atoms with Crippen molar-refractivity contribution in [2.45, 2.75) is 0 Å². The maximum atomic E-state index is 11.9. The molecule has 2 aromatic rings. The van der Waals surface area contributed by atoms with E-state index in [1.54, 1.807) is 6.07 Å². The zero-order valence-electron chi connectivity index (χ0n) is 9.88. The van der Waals surface area contributed by atoms with Gasteiger partial charge in [-0.05, 0) is 24.3 Å². The average molecular weight is 312 g/mol. The van der Waals surface area contributed by atoms with Crippen molar-refractivity contribution in [2.75, 3.05) is 0 Å². The number of nitro benzene ring substituents is 1. The van der Waals surface area contributed by atoms with E-state index in [9.17, 15) is 14.9 Å². The highest BCUT2D eigenvalue weighted by Crippen LogP contribution is 2.32. The normalized spacial score (nSPS) is 10.1. The Balaban J connectivity index is 2.22. The molecule has 0 heterocycles. The predicted molar refractivity (Wildman–Crippen MR) is 74.5 cm³/mol. The van der Waals surface area contributed by atoms with Gasteiger partial charge in [-0.1, -0.05) is 29.3 Å². The fraction of sp³-hybridized carbons (Fsp3) is 0. The van der Waals surface area contributed by atoms with E-state index in [0.29, 0.717) is 0 Å². The number of hydrogen-bond acceptors (Lipinski definition) is 4. The molecule has 102 valence electrons. The van der Waals surface area contributed by atoms with Gasteiger partial charge in [-0.25, -0.2) is 4.79 Å². The van der Waals surface area contributed by atoms with Crippen LogP contribution in [0.2, 0.25) is 10.0 Å². The summed E-state index contributed by atoms with van der Waals surface area (Å²) in [5, 5.41) is 10.9. The van der Waals surface area contributed by atoms with Gasteiger partial charge in [0.1, 0.15) is 0 Å². The molecular formula is C13H7Cl2NO4. The summed E-state index contributed by atoms with van der Waals surface area (Å²) in [7, 11) is 0. The van der Waals surface area contributed by atoms with E-state index in [4.69, 9.17) is 27.9 Å². The van der Waals surface area contributed by atoms with Gasteiger partial charge in [0.25, 0.3) is 5.69 Å². The molecule has 7 heteroatoms. The Morgan fingerprint density at radius 2 is 1.60 bits per heavy atom. The number of esters is 1. The summed E-state index contributed by atoms with van der Waals surface area (Å²) in [6.07, 6.45) is 0. The molecule has 0 aliphatic carbocycles. The van der Waals surface area contributed by atoms with Gasteiger partial charge in [0.05, 0.1) is 20.5 Å². The Hall–Kier alpha value is -2.11. The Morgan fingerprint density at radius 3 is 2.10 bits per heavy atom. The van der Waals surface area contributed by atoms with Crippen molar-refractivity contribution in [1.29, 1.82) is 0 Å². The number of nitro groups is 1. The Bertz CT molecular complexity index is 650. The minimum absolute atomic E-state index is 0.0548. The summed E-state index contributed by atoms with van der Waals surface area (Å²) < 4.78 is 5.09. The number of non-ortho nitro benzene ring substituents is 1. The number of halogens is 2. The largest absolute Gasteiger partial charge is 0.420 e. The summed E-state index contributed by atoms with van der Waals surface area (Å²) in [4.78, 5) is 21.9. The monoisotopic (exact) mass is 311 g/mol. The van der Waals surface area contributed by atoms with Crippen molar-refractivity contribution >= 4 is 34.9 Å². The SMILES string of the molecule is O=C(Oc1c(Cl)cccc1Cl)c1ccc([N+](=O)[O-])cc1. The summed E-state index contributed by atoms with van der Waals surface area (Å²) in [6.45, 7) is 0. The molecule has 0 saturated heterocycles. The lowest BCUT2D eigenvalue weighted by Gasteiger charge is -2.07. The number of benzene rings is 2. The second kappa shape index (κ2) is 5.90. The topological polar surface area (TPSA) is 69.4 Å². The molecule has 0 radical (unpaired) electrons. The van der Waals surface area contributed by atoms with Crippen LogP contribution in [0.3, 0.4) is 0 Å². The molecule has 0 fully saturated rings. The third-order valence-corrected chi connectivity index (χ3v) is 3.02. The highest BCUT2D eigenvalue weighted by molar-refractivity contribution is 6.37. The lowest BCUT2D eigenvalue weighted by atomic mass is 10.2. The third-order valence-electron chi connectivity index (χ3n) is 2.43. The summed E-state index contributed by atoms with van der Waals surface area (Å²) in [5.41, 5.74) is 0.0453. The number of nitrogens with zero attached hydrogens (tertiary/aromatic N) is 1. The molecule has 0 aliphatic heterocycles. The summed E-state index contributed by atoms with van der Waals surface area (Å²) in [5.74, 6) is -0.644. The van der Waals surface area contributed by atoms with Gasteiger partial charge >= 0.3 is 5.97 Å². The molecule has 0 spiro atoms. The molecule has 0 aromatic heterocycles. The van der Waals surface area contributed by atoms with Crippen LogP contribution >= 0.6 is 23.2 Å². The molecule has 0 unspecified atom stereocenters. The fourth-order valence-corrected chi connectivity index (χ4v) is 1.93. The number of carbonyl (C=O) groups is 1. The molecule has 0 atom stereocenters. The van der Waals surface area contributed by atoms with Gasteiger partial charge in [0.2, 0.25) is 0 Å². The van der Waals surface area contributed by atoms with Crippen LogP contribution in [0.4, 0.5) is 5.69 Å². The second-order valence-electron chi connectivity index (χ2n) is 3.74. The van der Waals surface area contributed by atoms with Crippen LogP contribution < -0.4 is 4.74 Å².